The number of halogens is 1. The average Bonchev–Trinajstić information content (AvgIpc) is 3.02. The van der Waals surface area contributed by atoms with Gasteiger partial charge in [0.15, 0.2) is 0 Å². The predicted molar refractivity (Wildman–Crippen MR) is 64.5 cm³/mol. The first-order valence-electron chi connectivity index (χ1n) is 5.10. The molecule has 0 saturated heterocycles. The van der Waals surface area contributed by atoms with Gasteiger partial charge in [-0.25, -0.2) is 0 Å². The van der Waals surface area contributed by atoms with Gasteiger partial charge >= 0.3 is 0 Å². The Bertz CT molecular complexity index is 390. The Hall–Kier alpha value is -0.540. The van der Waals surface area contributed by atoms with Crippen molar-refractivity contribution < 1.29 is 4.21 Å². The fraction of sp³-hybridized carbons (Fsp3) is 0.455. The monoisotopic (exact) mass is 243 g/mol. The second-order valence-corrected chi connectivity index (χ2v) is 5.94. The number of nitrogens with two attached hydrogens (primary N) is 1. The highest BCUT2D eigenvalue weighted by Gasteiger charge is 2.21. The van der Waals surface area contributed by atoms with Crippen molar-refractivity contribution >= 4 is 28.1 Å². The zero-order valence-electron chi connectivity index (χ0n) is 8.41. The fourth-order valence-electron chi connectivity index (χ4n) is 1.45. The summed E-state index contributed by atoms with van der Waals surface area (Å²) in [7, 11) is -0.923. The molecular weight excluding hydrogens is 230 g/mol. The van der Waals surface area contributed by atoms with Crippen LogP contribution in [-0.4, -0.2) is 9.96 Å². The van der Waals surface area contributed by atoms with E-state index in [2.05, 4.69) is 0 Å². The third-order valence-electron chi connectivity index (χ3n) is 2.64. The molecule has 1 saturated carbocycles. The highest BCUT2D eigenvalue weighted by molar-refractivity contribution is 7.85. The van der Waals surface area contributed by atoms with Crippen LogP contribution >= 0.6 is 11.6 Å². The van der Waals surface area contributed by atoms with Gasteiger partial charge in [-0.05, 0) is 30.5 Å². The van der Waals surface area contributed by atoms with Gasteiger partial charge in [-0.15, -0.1) is 0 Å². The molecular formula is C11H14ClNOS. The largest absolute Gasteiger partial charge is 0.398 e. The Labute approximate surface area is 97.3 Å². The SMILES string of the molecule is Nc1ccc(S(=O)CCC2CC2)cc1Cl. The lowest BCUT2D eigenvalue weighted by atomic mass is 10.3. The number of nitrogen functional groups attached to an aromatic ring is 1. The van der Waals surface area contributed by atoms with Crippen molar-refractivity contribution in [3.8, 4) is 0 Å². The van der Waals surface area contributed by atoms with Gasteiger partial charge in [-0.3, -0.25) is 4.21 Å². The van der Waals surface area contributed by atoms with Gasteiger partial charge in [0.05, 0.1) is 21.5 Å². The van der Waals surface area contributed by atoms with E-state index in [1.807, 2.05) is 0 Å². The zero-order valence-corrected chi connectivity index (χ0v) is 9.98. The number of rotatable bonds is 4. The third kappa shape index (κ3) is 2.95. The molecule has 0 bridgehead atoms. The molecule has 15 heavy (non-hydrogen) atoms. The molecule has 0 heterocycles. The summed E-state index contributed by atoms with van der Waals surface area (Å²) in [4.78, 5) is 0.787. The van der Waals surface area contributed by atoms with Gasteiger partial charge in [0, 0.05) is 10.6 Å². The Morgan fingerprint density at radius 1 is 1.47 bits per heavy atom. The summed E-state index contributed by atoms with van der Waals surface area (Å²) < 4.78 is 11.9. The molecule has 2 N–H and O–H groups in total. The van der Waals surface area contributed by atoms with Crippen LogP contribution in [0, 0.1) is 5.92 Å². The molecule has 0 aliphatic heterocycles. The van der Waals surface area contributed by atoms with Gasteiger partial charge in [0.1, 0.15) is 0 Å². The van der Waals surface area contributed by atoms with Gasteiger partial charge in [-0.2, -0.15) is 0 Å². The summed E-state index contributed by atoms with van der Waals surface area (Å²) in [6, 6.07) is 5.22. The molecule has 1 unspecified atom stereocenters. The molecule has 2 rings (SSSR count). The lowest BCUT2D eigenvalue weighted by molar-refractivity contribution is 0.676. The second kappa shape index (κ2) is 4.54. The standard InChI is InChI=1S/C11H14ClNOS/c12-10-7-9(3-4-11(10)13)15(14)6-5-8-1-2-8/h3-4,7-8H,1-2,5-6,13H2. The van der Waals surface area contributed by atoms with Crippen molar-refractivity contribution in [2.45, 2.75) is 24.2 Å². The van der Waals surface area contributed by atoms with E-state index < -0.39 is 10.8 Å². The molecule has 1 fully saturated rings. The minimum Gasteiger partial charge on any atom is -0.398 e. The number of hydrogen-bond acceptors (Lipinski definition) is 2. The molecule has 4 heteroatoms. The molecule has 0 spiro atoms. The normalized spacial score (nSPS) is 17.7. The van der Waals surface area contributed by atoms with Crippen LogP contribution in [0.1, 0.15) is 19.3 Å². The number of benzene rings is 1. The van der Waals surface area contributed by atoms with E-state index >= 15 is 0 Å². The van der Waals surface area contributed by atoms with Gasteiger partial charge in [-0.1, -0.05) is 24.4 Å². The first-order chi connectivity index (χ1) is 7.16. The maximum absolute atomic E-state index is 11.9. The lowest BCUT2D eigenvalue weighted by Gasteiger charge is -2.03. The van der Waals surface area contributed by atoms with Crippen molar-refractivity contribution in [3.05, 3.63) is 23.2 Å². The smallest absolute Gasteiger partial charge is 0.0647 e. The van der Waals surface area contributed by atoms with Crippen LogP contribution in [0.4, 0.5) is 5.69 Å². The molecule has 0 amide bonds. The summed E-state index contributed by atoms with van der Waals surface area (Å²) in [6.07, 6.45) is 3.67. The fourth-order valence-corrected chi connectivity index (χ4v) is 2.95. The minimum atomic E-state index is -0.923. The average molecular weight is 244 g/mol. The van der Waals surface area contributed by atoms with Crippen LogP contribution in [0.3, 0.4) is 0 Å². The van der Waals surface area contributed by atoms with E-state index in [9.17, 15) is 4.21 Å². The topological polar surface area (TPSA) is 43.1 Å². The van der Waals surface area contributed by atoms with Crippen LogP contribution in [-0.2, 0) is 10.8 Å². The van der Waals surface area contributed by atoms with Crippen molar-refractivity contribution in [1.29, 1.82) is 0 Å². The van der Waals surface area contributed by atoms with E-state index in [1.165, 1.54) is 12.8 Å². The summed E-state index contributed by atoms with van der Waals surface area (Å²) >= 11 is 5.87. The van der Waals surface area contributed by atoms with E-state index in [1.54, 1.807) is 18.2 Å². The van der Waals surface area contributed by atoms with E-state index in [4.69, 9.17) is 17.3 Å². The van der Waals surface area contributed by atoms with E-state index in [-0.39, 0.29) is 0 Å². The molecule has 0 radical (unpaired) electrons. The first-order valence-corrected chi connectivity index (χ1v) is 6.80. The molecule has 1 atom stereocenters. The molecule has 0 aromatic heterocycles. The Balaban J connectivity index is 2.00. The Kier molecular flexibility index (Phi) is 3.32. The maximum atomic E-state index is 11.9. The van der Waals surface area contributed by atoms with Crippen molar-refractivity contribution in [3.63, 3.8) is 0 Å². The molecule has 1 aromatic carbocycles. The van der Waals surface area contributed by atoms with Crippen LogP contribution in [0.2, 0.25) is 5.02 Å². The Morgan fingerprint density at radius 2 is 2.20 bits per heavy atom. The summed E-state index contributed by atoms with van der Waals surface area (Å²) in [6.45, 7) is 0. The van der Waals surface area contributed by atoms with Crippen molar-refractivity contribution in [1.82, 2.24) is 0 Å². The zero-order chi connectivity index (χ0) is 10.8. The first kappa shape index (κ1) is 11.0. The predicted octanol–water partition coefficient (Wildman–Crippen LogP) is 2.83. The molecule has 2 nitrogen and oxygen atoms in total. The molecule has 1 aliphatic rings. The Morgan fingerprint density at radius 3 is 2.80 bits per heavy atom. The highest BCUT2D eigenvalue weighted by Crippen LogP contribution is 2.33. The minimum absolute atomic E-state index is 0.493. The van der Waals surface area contributed by atoms with Crippen LogP contribution < -0.4 is 5.73 Å². The summed E-state index contributed by atoms with van der Waals surface area (Å²) in [5.41, 5.74) is 6.13. The summed E-state index contributed by atoms with van der Waals surface area (Å²) in [5.74, 6) is 1.56. The van der Waals surface area contributed by atoms with Crippen LogP contribution in [0.5, 0.6) is 0 Å². The summed E-state index contributed by atoms with van der Waals surface area (Å²) in [5, 5.41) is 0.493. The maximum Gasteiger partial charge on any atom is 0.0647 e. The van der Waals surface area contributed by atoms with E-state index in [0.717, 1.165) is 23.0 Å². The molecule has 1 aliphatic carbocycles. The van der Waals surface area contributed by atoms with E-state index in [0.29, 0.717) is 10.7 Å². The lowest BCUT2D eigenvalue weighted by Crippen LogP contribution is -1.99. The van der Waals surface area contributed by atoms with Gasteiger partial charge in [0.25, 0.3) is 0 Å². The quantitative estimate of drug-likeness (QED) is 0.827. The van der Waals surface area contributed by atoms with Gasteiger partial charge < -0.3 is 5.73 Å². The van der Waals surface area contributed by atoms with Crippen LogP contribution in [0.25, 0.3) is 0 Å². The highest BCUT2D eigenvalue weighted by atomic mass is 35.5. The second-order valence-electron chi connectivity index (χ2n) is 3.97. The molecule has 82 valence electrons. The van der Waals surface area contributed by atoms with Crippen molar-refractivity contribution in [2.75, 3.05) is 11.5 Å². The third-order valence-corrected chi connectivity index (χ3v) is 4.36. The van der Waals surface area contributed by atoms with Gasteiger partial charge in [0.2, 0.25) is 0 Å². The van der Waals surface area contributed by atoms with Crippen molar-refractivity contribution in [2.24, 2.45) is 5.92 Å². The molecule has 1 aromatic rings. The number of anilines is 1. The van der Waals surface area contributed by atoms with Crippen LogP contribution in [0.15, 0.2) is 23.1 Å². The number of hydrogen-bond donors (Lipinski definition) is 1.